The van der Waals surface area contributed by atoms with Crippen molar-refractivity contribution in [2.24, 2.45) is 5.92 Å². The molecule has 118 valence electrons. The monoisotopic (exact) mass is 283 g/mol. The minimum Gasteiger partial charge on any atom is -0.374 e. The molecule has 0 heterocycles. The number of nitrogens with one attached hydrogen (secondary N) is 1. The molecule has 3 heteroatoms. The molecule has 1 N–H and O–H groups in total. The largest absolute Gasteiger partial charge is 0.374 e. The zero-order valence-corrected chi connectivity index (χ0v) is 13.6. The molecule has 0 aromatic rings. The summed E-state index contributed by atoms with van der Waals surface area (Å²) >= 11 is 0. The van der Waals surface area contributed by atoms with Crippen LogP contribution in [0.15, 0.2) is 0 Å². The van der Waals surface area contributed by atoms with Gasteiger partial charge in [-0.1, -0.05) is 20.8 Å². The molecule has 3 unspecified atom stereocenters. The molecule has 0 aromatic heterocycles. The predicted octanol–water partition coefficient (Wildman–Crippen LogP) is 3.52. The van der Waals surface area contributed by atoms with E-state index in [1.165, 1.54) is 32.1 Å². The third kappa shape index (κ3) is 4.44. The summed E-state index contributed by atoms with van der Waals surface area (Å²) < 4.78 is 12.4. The fraction of sp³-hybridized carbons (Fsp3) is 1.00. The zero-order valence-electron chi connectivity index (χ0n) is 13.6. The molecule has 2 fully saturated rings. The van der Waals surface area contributed by atoms with Gasteiger partial charge in [-0.2, -0.15) is 0 Å². The molecule has 0 spiro atoms. The Balaban J connectivity index is 1.75. The van der Waals surface area contributed by atoms with Gasteiger partial charge in [0, 0.05) is 12.6 Å². The lowest BCUT2D eigenvalue weighted by molar-refractivity contribution is -0.173. The van der Waals surface area contributed by atoms with E-state index in [0.717, 1.165) is 31.9 Å². The van der Waals surface area contributed by atoms with E-state index >= 15 is 0 Å². The lowest BCUT2D eigenvalue weighted by Gasteiger charge is -2.46. The highest BCUT2D eigenvalue weighted by molar-refractivity contribution is 4.98. The van der Waals surface area contributed by atoms with Gasteiger partial charge in [0.2, 0.25) is 0 Å². The molecule has 0 aliphatic heterocycles. The summed E-state index contributed by atoms with van der Waals surface area (Å²) in [6, 6.07) is 0.508. The number of ether oxygens (including phenoxy) is 2. The summed E-state index contributed by atoms with van der Waals surface area (Å²) in [6.07, 6.45) is 9.63. The maximum Gasteiger partial charge on any atom is 0.0990 e. The number of rotatable bonds is 8. The van der Waals surface area contributed by atoms with Crippen LogP contribution in [0.1, 0.15) is 65.7 Å². The van der Waals surface area contributed by atoms with Gasteiger partial charge >= 0.3 is 0 Å². The number of hydrogen-bond acceptors (Lipinski definition) is 3. The van der Waals surface area contributed by atoms with Gasteiger partial charge in [-0.05, 0) is 57.4 Å². The molecule has 2 aliphatic carbocycles. The predicted molar refractivity (Wildman–Crippen MR) is 83.0 cm³/mol. The Morgan fingerprint density at radius 3 is 2.45 bits per heavy atom. The molecule has 0 aromatic carbocycles. The summed E-state index contributed by atoms with van der Waals surface area (Å²) in [4.78, 5) is 0. The van der Waals surface area contributed by atoms with E-state index in [9.17, 15) is 0 Å². The van der Waals surface area contributed by atoms with E-state index in [-0.39, 0.29) is 6.10 Å². The summed E-state index contributed by atoms with van der Waals surface area (Å²) in [7, 11) is 0. The van der Waals surface area contributed by atoms with Gasteiger partial charge in [0.15, 0.2) is 0 Å². The fourth-order valence-corrected chi connectivity index (χ4v) is 3.33. The highest BCUT2D eigenvalue weighted by atomic mass is 16.6. The van der Waals surface area contributed by atoms with E-state index < -0.39 is 0 Å². The highest BCUT2D eigenvalue weighted by Gasteiger charge is 2.43. The normalized spacial score (nSPS) is 37.6. The van der Waals surface area contributed by atoms with Gasteiger partial charge in [-0.3, -0.25) is 0 Å². The van der Waals surface area contributed by atoms with Gasteiger partial charge in [-0.25, -0.2) is 0 Å². The van der Waals surface area contributed by atoms with Crippen molar-refractivity contribution in [1.82, 2.24) is 5.32 Å². The van der Waals surface area contributed by atoms with Crippen LogP contribution in [0.4, 0.5) is 0 Å². The molecule has 2 aliphatic rings. The minimum atomic E-state index is 0.279. The van der Waals surface area contributed by atoms with E-state index in [1.54, 1.807) is 0 Å². The molecule has 20 heavy (non-hydrogen) atoms. The second kappa shape index (κ2) is 8.35. The van der Waals surface area contributed by atoms with Crippen LogP contribution in [-0.4, -0.2) is 37.5 Å². The lowest BCUT2D eigenvalue weighted by atomic mass is 9.83. The molecule has 0 amide bonds. The molecular formula is C17H33NO2. The Kier molecular flexibility index (Phi) is 6.79. The van der Waals surface area contributed by atoms with Crippen LogP contribution in [0.25, 0.3) is 0 Å². The van der Waals surface area contributed by atoms with Crippen molar-refractivity contribution >= 4 is 0 Å². The van der Waals surface area contributed by atoms with Crippen LogP contribution in [-0.2, 0) is 9.47 Å². The van der Waals surface area contributed by atoms with E-state index in [1.807, 2.05) is 0 Å². The van der Waals surface area contributed by atoms with Crippen molar-refractivity contribution in [1.29, 1.82) is 0 Å². The van der Waals surface area contributed by atoms with Gasteiger partial charge in [0.05, 0.1) is 18.3 Å². The summed E-state index contributed by atoms with van der Waals surface area (Å²) in [5.41, 5.74) is 0. The first-order valence-corrected chi connectivity index (χ1v) is 8.75. The van der Waals surface area contributed by atoms with Crippen LogP contribution in [0, 0.1) is 5.92 Å². The quantitative estimate of drug-likeness (QED) is 0.739. The van der Waals surface area contributed by atoms with Gasteiger partial charge < -0.3 is 14.8 Å². The van der Waals surface area contributed by atoms with Crippen molar-refractivity contribution < 1.29 is 9.47 Å². The van der Waals surface area contributed by atoms with E-state index in [4.69, 9.17) is 9.47 Å². The van der Waals surface area contributed by atoms with Crippen LogP contribution in [0.5, 0.6) is 0 Å². The Labute approximate surface area is 124 Å². The minimum absolute atomic E-state index is 0.279. The highest BCUT2D eigenvalue weighted by Crippen LogP contribution is 2.33. The van der Waals surface area contributed by atoms with Crippen molar-refractivity contribution in [3.8, 4) is 0 Å². The Bertz CT molecular complexity index is 264. The SMILES string of the molecule is CCCNC1CC(OC2CCC(C)CC2)C1OCCC. The molecule has 2 rings (SSSR count). The van der Waals surface area contributed by atoms with Gasteiger partial charge in [-0.15, -0.1) is 0 Å². The first-order valence-electron chi connectivity index (χ1n) is 8.75. The smallest absolute Gasteiger partial charge is 0.0990 e. The molecule has 0 saturated heterocycles. The molecule has 3 atom stereocenters. The lowest BCUT2D eigenvalue weighted by Crippen LogP contribution is -2.61. The standard InChI is InChI=1S/C17H33NO2/c1-4-10-18-15-12-16(17(15)19-11-5-2)20-14-8-6-13(3)7-9-14/h13-18H,4-12H2,1-3H3. The molecule has 3 nitrogen and oxygen atoms in total. The summed E-state index contributed by atoms with van der Waals surface area (Å²) in [6.45, 7) is 8.69. The van der Waals surface area contributed by atoms with Crippen LogP contribution in [0.2, 0.25) is 0 Å². The maximum absolute atomic E-state index is 6.33. The molecular weight excluding hydrogens is 250 g/mol. The zero-order chi connectivity index (χ0) is 14.4. The Morgan fingerprint density at radius 1 is 1.05 bits per heavy atom. The first kappa shape index (κ1) is 16.3. The van der Waals surface area contributed by atoms with Crippen LogP contribution in [0.3, 0.4) is 0 Å². The Hall–Kier alpha value is -0.120. The van der Waals surface area contributed by atoms with Crippen molar-refractivity contribution in [3.63, 3.8) is 0 Å². The van der Waals surface area contributed by atoms with Gasteiger partial charge in [0.25, 0.3) is 0 Å². The van der Waals surface area contributed by atoms with Crippen LogP contribution >= 0.6 is 0 Å². The maximum atomic E-state index is 6.33. The van der Waals surface area contributed by atoms with Gasteiger partial charge in [0.1, 0.15) is 0 Å². The first-order chi connectivity index (χ1) is 9.74. The average molecular weight is 283 g/mol. The Morgan fingerprint density at radius 2 is 1.80 bits per heavy atom. The van der Waals surface area contributed by atoms with E-state index in [0.29, 0.717) is 18.2 Å². The second-order valence-corrected chi connectivity index (χ2v) is 6.69. The number of hydrogen-bond donors (Lipinski definition) is 1. The van der Waals surface area contributed by atoms with Crippen molar-refractivity contribution in [3.05, 3.63) is 0 Å². The molecule has 0 radical (unpaired) electrons. The summed E-state index contributed by atoms with van der Waals surface area (Å²) in [5, 5.41) is 3.60. The second-order valence-electron chi connectivity index (χ2n) is 6.69. The topological polar surface area (TPSA) is 30.5 Å². The molecule has 2 saturated carbocycles. The van der Waals surface area contributed by atoms with E-state index in [2.05, 4.69) is 26.1 Å². The molecule has 0 bridgehead atoms. The average Bonchev–Trinajstić information content (AvgIpc) is 2.44. The van der Waals surface area contributed by atoms with Crippen molar-refractivity contribution in [2.75, 3.05) is 13.2 Å². The third-order valence-electron chi connectivity index (χ3n) is 4.75. The fourth-order valence-electron chi connectivity index (χ4n) is 3.33. The van der Waals surface area contributed by atoms with Crippen LogP contribution < -0.4 is 5.32 Å². The summed E-state index contributed by atoms with van der Waals surface area (Å²) in [5.74, 6) is 0.891. The van der Waals surface area contributed by atoms with Crippen molar-refractivity contribution in [2.45, 2.75) is 90.1 Å². The third-order valence-corrected chi connectivity index (χ3v) is 4.75.